The summed E-state index contributed by atoms with van der Waals surface area (Å²) < 4.78 is 0. The van der Waals surface area contributed by atoms with Gasteiger partial charge in [0.05, 0.1) is 17.6 Å². The minimum Gasteiger partial charge on any atom is -0.368 e. The third-order valence-electron chi connectivity index (χ3n) is 4.89. The number of rotatable bonds is 4. The van der Waals surface area contributed by atoms with Gasteiger partial charge < -0.3 is 16.4 Å². The maximum Gasteiger partial charge on any atom is 0.247 e. The monoisotopic (exact) mass is 429 g/mol. The molecule has 0 spiro atoms. The van der Waals surface area contributed by atoms with Crippen LogP contribution >= 0.6 is 11.6 Å². The van der Waals surface area contributed by atoms with E-state index in [-0.39, 0.29) is 11.9 Å². The number of para-hydroxylation sites is 2. The van der Waals surface area contributed by atoms with Crippen LogP contribution < -0.4 is 16.4 Å². The molecule has 7 heteroatoms. The summed E-state index contributed by atoms with van der Waals surface area (Å²) in [4.78, 5) is 19.2. The van der Waals surface area contributed by atoms with Gasteiger partial charge in [-0.2, -0.15) is 4.98 Å². The topological polar surface area (TPSA) is 92.9 Å². The third-order valence-corrected chi connectivity index (χ3v) is 5.16. The van der Waals surface area contributed by atoms with E-state index in [1.165, 1.54) is 76.5 Å². The number of aromatic nitrogens is 2. The lowest BCUT2D eigenvalue weighted by Crippen LogP contribution is -2.09. The van der Waals surface area contributed by atoms with Crippen LogP contribution in [0.15, 0.2) is 43.1 Å². The van der Waals surface area contributed by atoms with Crippen molar-refractivity contribution >= 4 is 40.6 Å². The van der Waals surface area contributed by atoms with E-state index in [2.05, 4.69) is 27.2 Å². The number of nitrogens with two attached hydrogens (primary N) is 1. The molecule has 0 unspecified atom stereocenters. The summed E-state index contributed by atoms with van der Waals surface area (Å²) in [6, 6.07) is 7.11. The van der Waals surface area contributed by atoms with Crippen LogP contribution in [0.1, 0.15) is 64.2 Å². The molecule has 0 atom stereocenters. The molecule has 162 valence electrons. The normalized spacial score (nSPS) is 14.6. The Bertz CT molecular complexity index is 788. The minimum atomic E-state index is -0.312. The first kappa shape index (κ1) is 23.7. The van der Waals surface area contributed by atoms with Crippen molar-refractivity contribution in [3.8, 4) is 0 Å². The molecule has 1 amide bonds. The predicted molar refractivity (Wildman–Crippen MR) is 126 cm³/mol. The Morgan fingerprint density at radius 2 is 1.47 bits per heavy atom. The maximum absolute atomic E-state index is 11.4. The number of benzene rings is 1. The van der Waals surface area contributed by atoms with Crippen LogP contribution in [0.25, 0.3) is 0 Å². The van der Waals surface area contributed by atoms with E-state index in [1.807, 2.05) is 6.07 Å². The molecular formula is C23H32ClN5O. The highest BCUT2D eigenvalue weighted by molar-refractivity contribution is 6.33. The van der Waals surface area contributed by atoms with Gasteiger partial charge in [0, 0.05) is 0 Å². The van der Waals surface area contributed by atoms with Crippen molar-refractivity contribution in [3.05, 3.63) is 48.1 Å². The van der Waals surface area contributed by atoms with Crippen molar-refractivity contribution < 1.29 is 4.79 Å². The highest BCUT2D eigenvalue weighted by atomic mass is 35.5. The maximum atomic E-state index is 11.4. The lowest BCUT2D eigenvalue weighted by atomic mass is 10.0. The van der Waals surface area contributed by atoms with Gasteiger partial charge in [-0.3, -0.25) is 4.79 Å². The van der Waals surface area contributed by atoms with Gasteiger partial charge in [0.2, 0.25) is 11.9 Å². The first-order valence-electron chi connectivity index (χ1n) is 10.7. The number of nitrogens with zero attached hydrogens (tertiary/aromatic N) is 2. The number of amides is 1. The van der Waals surface area contributed by atoms with Crippen molar-refractivity contribution in [2.75, 3.05) is 16.4 Å². The van der Waals surface area contributed by atoms with Crippen LogP contribution in [0.3, 0.4) is 0 Å². The zero-order valence-corrected chi connectivity index (χ0v) is 18.3. The molecule has 1 aromatic carbocycles. The number of hydrogen-bond donors (Lipinski definition) is 3. The van der Waals surface area contributed by atoms with E-state index in [0.717, 1.165) is 0 Å². The molecule has 6 nitrogen and oxygen atoms in total. The van der Waals surface area contributed by atoms with Crippen molar-refractivity contribution in [1.29, 1.82) is 0 Å². The highest BCUT2D eigenvalue weighted by Gasteiger charge is 2.08. The number of halogens is 1. The zero-order valence-electron chi connectivity index (χ0n) is 17.5. The van der Waals surface area contributed by atoms with E-state index in [9.17, 15) is 4.79 Å². The fraction of sp³-hybridized carbons (Fsp3) is 0.435. The summed E-state index contributed by atoms with van der Waals surface area (Å²) in [5.74, 6) is 0.150. The molecule has 2 fully saturated rings. The summed E-state index contributed by atoms with van der Waals surface area (Å²) in [6.07, 6.45) is 17.6. The molecule has 2 aliphatic rings. The molecule has 1 aromatic heterocycles. The molecule has 0 bridgehead atoms. The van der Waals surface area contributed by atoms with Gasteiger partial charge >= 0.3 is 0 Å². The first-order chi connectivity index (χ1) is 14.6. The lowest BCUT2D eigenvalue weighted by Gasteiger charge is -2.12. The van der Waals surface area contributed by atoms with Gasteiger partial charge in [0.25, 0.3) is 0 Å². The molecule has 4 rings (SSSR count). The summed E-state index contributed by atoms with van der Waals surface area (Å²) in [5, 5.41) is 6.00. The number of nitrogen functional groups attached to an aromatic ring is 1. The number of carbonyl (C=O) groups excluding carboxylic acids is 1. The summed E-state index contributed by atoms with van der Waals surface area (Å²) in [5.41, 5.74) is 6.72. The molecule has 0 aliphatic heterocycles. The van der Waals surface area contributed by atoms with Gasteiger partial charge in [0.1, 0.15) is 5.02 Å². The largest absolute Gasteiger partial charge is 0.368 e. The van der Waals surface area contributed by atoms with E-state index in [1.54, 1.807) is 18.2 Å². The summed E-state index contributed by atoms with van der Waals surface area (Å²) in [6.45, 7) is 3.41. The van der Waals surface area contributed by atoms with E-state index >= 15 is 0 Å². The van der Waals surface area contributed by atoms with Crippen molar-refractivity contribution in [1.82, 2.24) is 9.97 Å². The van der Waals surface area contributed by atoms with Crippen molar-refractivity contribution in [3.63, 3.8) is 0 Å². The highest BCUT2D eigenvalue weighted by Crippen LogP contribution is 2.28. The Labute approximate surface area is 184 Å². The standard InChI is InChI=1S/C13H12ClN5O.C6H12.C4H8/c1-2-11(20)17-9-5-3-4-6-10(9)18-12-8(14)7-16-13(15)19-12;1-2-4-6-5-3-1;1-2-4-3-1/h2-7H,1H2,(H,17,20)(H3,15,16,18,19);1-6H2;1-4H2. The molecule has 4 N–H and O–H groups in total. The fourth-order valence-electron chi connectivity index (χ4n) is 2.79. The lowest BCUT2D eigenvalue weighted by molar-refractivity contribution is -0.111. The summed E-state index contributed by atoms with van der Waals surface area (Å²) >= 11 is 5.98. The van der Waals surface area contributed by atoms with Crippen LogP contribution in [0.4, 0.5) is 23.1 Å². The van der Waals surface area contributed by atoms with Gasteiger partial charge in [-0.25, -0.2) is 4.98 Å². The first-order valence-corrected chi connectivity index (χ1v) is 11.1. The second kappa shape index (κ2) is 13.6. The minimum absolute atomic E-state index is 0.101. The Balaban J connectivity index is 0.000000259. The molecule has 2 aliphatic carbocycles. The van der Waals surface area contributed by atoms with E-state index in [0.29, 0.717) is 22.2 Å². The van der Waals surface area contributed by atoms with Crippen LogP contribution in [0.5, 0.6) is 0 Å². The van der Waals surface area contributed by atoms with Crippen molar-refractivity contribution in [2.45, 2.75) is 64.2 Å². The molecule has 0 radical (unpaired) electrons. The van der Waals surface area contributed by atoms with Crippen LogP contribution in [0.2, 0.25) is 5.02 Å². The molecule has 2 aromatic rings. The van der Waals surface area contributed by atoms with Gasteiger partial charge in [0.15, 0.2) is 5.82 Å². The molecule has 30 heavy (non-hydrogen) atoms. The second-order valence-electron chi connectivity index (χ2n) is 7.32. The van der Waals surface area contributed by atoms with E-state index < -0.39 is 0 Å². The summed E-state index contributed by atoms with van der Waals surface area (Å²) in [7, 11) is 0. The number of hydrogen-bond acceptors (Lipinski definition) is 5. The molecule has 0 saturated heterocycles. The number of anilines is 4. The number of nitrogens with one attached hydrogen (secondary N) is 2. The van der Waals surface area contributed by atoms with Gasteiger partial charge in [-0.15, -0.1) is 0 Å². The fourth-order valence-corrected chi connectivity index (χ4v) is 2.93. The Morgan fingerprint density at radius 1 is 0.967 bits per heavy atom. The van der Waals surface area contributed by atoms with Crippen LogP contribution in [0, 0.1) is 0 Å². The Morgan fingerprint density at radius 3 is 1.97 bits per heavy atom. The van der Waals surface area contributed by atoms with E-state index in [4.69, 9.17) is 17.3 Å². The molecule has 1 heterocycles. The molecule has 2 saturated carbocycles. The van der Waals surface area contributed by atoms with Crippen LogP contribution in [-0.2, 0) is 4.79 Å². The zero-order chi connectivity index (χ0) is 21.6. The quantitative estimate of drug-likeness (QED) is 0.483. The second-order valence-corrected chi connectivity index (χ2v) is 7.73. The average Bonchev–Trinajstić information content (AvgIpc) is 2.72. The van der Waals surface area contributed by atoms with Crippen LogP contribution in [-0.4, -0.2) is 15.9 Å². The average molecular weight is 430 g/mol. The predicted octanol–water partition coefficient (Wildman–Crippen LogP) is 6.48. The van der Waals surface area contributed by atoms with Gasteiger partial charge in [-0.05, 0) is 18.2 Å². The SMILES string of the molecule is C1CCC1.C1CCCCC1.C=CC(=O)Nc1ccccc1Nc1nc(N)ncc1Cl. The Hall–Kier alpha value is -2.60. The smallest absolute Gasteiger partial charge is 0.247 e. The van der Waals surface area contributed by atoms with Gasteiger partial charge in [-0.1, -0.05) is 94.5 Å². The molecular weight excluding hydrogens is 398 g/mol. The van der Waals surface area contributed by atoms with Crippen molar-refractivity contribution in [2.24, 2.45) is 0 Å². The third kappa shape index (κ3) is 8.82. The number of carbonyl (C=O) groups is 1. The Kier molecular flexibility index (Phi) is 10.7.